The van der Waals surface area contributed by atoms with Crippen LogP contribution >= 0.6 is 23.2 Å². The number of benzene rings is 2. The lowest BCUT2D eigenvalue weighted by Crippen LogP contribution is -2.35. The molecule has 2 aromatic heterocycles. The first kappa shape index (κ1) is 34.0. The molecule has 1 unspecified atom stereocenters. The SMILES string of the molecule is COc1nc(-c2cccc(-c3cccc(-c4cnc(CN5CCC(C)(OC)C5)c(OC)n4)c3Cl)c2Cl)cnc1CNC[C@@H]1CCC(=O)N1. The van der Waals surface area contributed by atoms with Gasteiger partial charge in [-0.1, -0.05) is 59.6 Å². The zero-order valence-electron chi connectivity index (χ0n) is 27.5. The number of amides is 1. The Morgan fingerprint density at radius 2 is 1.50 bits per heavy atom. The van der Waals surface area contributed by atoms with Gasteiger partial charge in [-0.05, 0) is 19.8 Å². The minimum atomic E-state index is -0.163. The van der Waals surface area contributed by atoms with E-state index in [9.17, 15) is 4.79 Å². The van der Waals surface area contributed by atoms with E-state index in [2.05, 4.69) is 27.4 Å². The highest BCUT2D eigenvalue weighted by Gasteiger charge is 2.34. The molecule has 4 aromatic rings. The molecule has 0 radical (unpaired) electrons. The monoisotopic (exact) mass is 691 g/mol. The van der Waals surface area contributed by atoms with Crippen LogP contribution in [0.4, 0.5) is 0 Å². The van der Waals surface area contributed by atoms with Gasteiger partial charge in [0, 0.05) is 74.6 Å². The predicted molar refractivity (Wildman–Crippen MR) is 185 cm³/mol. The molecule has 2 aliphatic heterocycles. The molecule has 2 atom stereocenters. The highest BCUT2D eigenvalue weighted by Crippen LogP contribution is 2.42. The van der Waals surface area contributed by atoms with Gasteiger partial charge in [0.15, 0.2) is 0 Å². The predicted octanol–water partition coefficient (Wildman–Crippen LogP) is 5.57. The second kappa shape index (κ2) is 14.7. The highest BCUT2D eigenvalue weighted by atomic mass is 35.5. The fourth-order valence-corrected chi connectivity index (χ4v) is 6.87. The van der Waals surface area contributed by atoms with Crippen molar-refractivity contribution in [3.8, 4) is 45.4 Å². The summed E-state index contributed by atoms with van der Waals surface area (Å²) in [6.07, 6.45) is 5.74. The first-order valence-corrected chi connectivity index (χ1v) is 16.6. The van der Waals surface area contributed by atoms with Crippen LogP contribution in [-0.2, 0) is 22.6 Å². The van der Waals surface area contributed by atoms with E-state index in [0.717, 1.165) is 42.8 Å². The van der Waals surface area contributed by atoms with Gasteiger partial charge in [-0.25, -0.2) is 9.97 Å². The topological polar surface area (TPSA) is 124 Å². The number of hydrogen-bond acceptors (Lipinski definition) is 10. The third kappa shape index (κ3) is 7.25. The summed E-state index contributed by atoms with van der Waals surface area (Å²) in [4.78, 5) is 32.7. The normalized spacial score (nSPS) is 19.5. The molecule has 2 aliphatic rings. The smallest absolute Gasteiger partial charge is 0.237 e. The second-order valence-electron chi connectivity index (χ2n) is 12.3. The first-order chi connectivity index (χ1) is 23.2. The fourth-order valence-electron chi connectivity index (χ4n) is 6.22. The lowest BCUT2D eigenvalue weighted by molar-refractivity contribution is -0.119. The van der Waals surface area contributed by atoms with Crippen LogP contribution in [0.5, 0.6) is 11.8 Å². The Morgan fingerprint density at radius 1 is 0.917 bits per heavy atom. The number of nitrogens with one attached hydrogen (secondary N) is 2. The maximum Gasteiger partial charge on any atom is 0.237 e. The van der Waals surface area contributed by atoms with Crippen LogP contribution in [0.3, 0.4) is 0 Å². The summed E-state index contributed by atoms with van der Waals surface area (Å²) in [6.45, 7) is 5.54. The summed E-state index contributed by atoms with van der Waals surface area (Å²) in [5.41, 5.74) is 5.27. The van der Waals surface area contributed by atoms with Crippen molar-refractivity contribution in [2.45, 2.75) is 50.9 Å². The number of aromatic nitrogens is 4. The zero-order chi connectivity index (χ0) is 33.8. The van der Waals surface area contributed by atoms with Crippen molar-refractivity contribution in [2.75, 3.05) is 41.0 Å². The molecule has 13 heteroatoms. The van der Waals surface area contributed by atoms with Gasteiger partial charge >= 0.3 is 0 Å². The lowest BCUT2D eigenvalue weighted by atomic mass is 9.98. The minimum Gasteiger partial charge on any atom is -0.480 e. The maximum absolute atomic E-state index is 11.5. The third-order valence-electron chi connectivity index (χ3n) is 9.00. The molecule has 2 saturated heterocycles. The van der Waals surface area contributed by atoms with Crippen molar-refractivity contribution in [2.24, 2.45) is 0 Å². The molecule has 11 nitrogen and oxygen atoms in total. The number of halogens is 2. The van der Waals surface area contributed by atoms with Gasteiger partial charge in [-0.2, -0.15) is 0 Å². The summed E-state index contributed by atoms with van der Waals surface area (Å²) in [5.74, 6) is 0.935. The van der Waals surface area contributed by atoms with Gasteiger partial charge in [0.05, 0.1) is 53.6 Å². The van der Waals surface area contributed by atoms with Crippen molar-refractivity contribution in [1.82, 2.24) is 35.5 Å². The number of likely N-dealkylation sites (tertiary alicyclic amines) is 1. The molecule has 2 fully saturated rings. The van der Waals surface area contributed by atoms with E-state index in [1.165, 1.54) is 0 Å². The van der Waals surface area contributed by atoms with E-state index in [0.29, 0.717) is 76.1 Å². The Morgan fingerprint density at radius 3 is 2.04 bits per heavy atom. The van der Waals surface area contributed by atoms with Crippen LogP contribution in [0.1, 0.15) is 37.6 Å². The molecular weight excluding hydrogens is 653 g/mol. The van der Waals surface area contributed by atoms with Gasteiger partial charge in [-0.15, -0.1) is 0 Å². The van der Waals surface area contributed by atoms with Crippen LogP contribution in [0.15, 0.2) is 48.8 Å². The van der Waals surface area contributed by atoms with E-state index in [1.54, 1.807) is 33.7 Å². The van der Waals surface area contributed by atoms with Crippen molar-refractivity contribution >= 4 is 29.1 Å². The number of methoxy groups -OCH3 is 3. The summed E-state index contributed by atoms with van der Waals surface area (Å²) in [5, 5.41) is 7.25. The Balaban J connectivity index is 1.23. The first-order valence-electron chi connectivity index (χ1n) is 15.9. The fraction of sp³-hybridized carbons (Fsp3) is 0.400. The highest BCUT2D eigenvalue weighted by molar-refractivity contribution is 6.39. The number of ether oxygens (including phenoxy) is 3. The number of carbonyl (C=O) groups excluding carboxylic acids is 1. The zero-order valence-corrected chi connectivity index (χ0v) is 29.0. The quantitative estimate of drug-likeness (QED) is 0.195. The van der Waals surface area contributed by atoms with Crippen molar-refractivity contribution in [3.05, 3.63) is 70.2 Å². The molecule has 0 bridgehead atoms. The summed E-state index contributed by atoms with van der Waals surface area (Å²) in [7, 11) is 4.91. The molecule has 0 spiro atoms. The second-order valence-corrected chi connectivity index (χ2v) is 13.1. The van der Waals surface area contributed by atoms with Gasteiger partial charge in [0.1, 0.15) is 11.4 Å². The number of hydrogen-bond donors (Lipinski definition) is 2. The molecule has 0 saturated carbocycles. The van der Waals surface area contributed by atoms with E-state index in [4.69, 9.17) is 52.4 Å². The molecule has 48 heavy (non-hydrogen) atoms. The molecule has 6 rings (SSSR count). The van der Waals surface area contributed by atoms with Gasteiger partial charge < -0.3 is 24.8 Å². The van der Waals surface area contributed by atoms with Crippen molar-refractivity contribution in [3.63, 3.8) is 0 Å². The number of carbonyl (C=O) groups is 1. The molecule has 1 amide bonds. The summed E-state index contributed by atoms with van der Waals surface area (Å²) in [6, 6.07) is 11.6. The van der Waals surface area contributed by atoms with Crippen LogP contribution < -0.4 is 20.1 Å². The summed E-state index contributed by atoms with van der Waals surface area (Å²) >= 11 is 14.1. The Hall–Kier alpha value is -3.87. The molecule has 2 N–H and O–H groups in total. The molecule has 4 heterocycles. The number of rotatable bonds is 12. The van der Waals surface area contributed by atoms with Crippen molar-refractivity contribution in [1.29, 1.82) is 0 Å². The van der Waals surface area contributed by atoms with Crippen LogP contribution in [0.25, 0.3) is 33.6 Å². The average Bonchev–Trinajstić information content (AvgIpc) is 3.70. The maximum atomic E-state index is 11.5. The average molecular weight is 693 g/mol. The minimum absolute atomic E-state index is 0.0858. The third-order valence-corrected chi connectivity index (χ3v) is 9.81. The molecular formula is C35H39Cl2N7O4. The standard InChI is InChI=1S/C35H39Cl2N7O4/c1-35(48-4)13-14-44(20-35)19-29-34(47-3)43-27(18-40-29)25-10-6-8-23(32(25)37)22-7-5-9-24(31(22)36)26-17-39-28(33(42-26)46-2)16-38-15-21-11-12-30(45)41-21/h5-10,17-18,21,38H,11-16,19-20H2,1-4H3,(H,41,45)/t21-,35?/m0/s1. The molecule has 252 valence electrons. The molecule has 0 aliphatic carbocycles. The van der Waals surface area contributed by atoms with E-state index in [1.807, 2.05) is 36.4 Å². The van der Waals surface area contributed by atoms with E-state index >= 15 is 0 Å². The Labute approximate surface area is 290 Å². The lowest BCUT2D eigenvalue weighted by Gasteiger charge is -2.23. The Bertz CT molecular complexity index is 1810. The largest absolute Gasteiger partial charge is 0.480 e. The van der Waals surface area contributed by atoms with Gasteiger partial charge in [-0.3, -0.25) is 19.7 Å². The molecule has 2 aromatic carbocycles. The van der Waals surface area contributed by atoms with E-state index < -0.39 is 0 Å². The Kier molecular flexibility index (Phi) is 10.4. The van der Waals surface area contributed by atoms with E-state index in [-0.39, 0.29) is 17.6 Å². The van der Waals surface area contributed by atoms with Crippen LogP contribution in [0, 0.1) is 0 Å². The summed E-state index contributed by atoms with van der Waals surface area (Å²) < 4.78 is 16.9. The van der Waals surface area contributed by atoms with Gasteiger partial charge in [0.25, 0.3) is 0 Å². The van der Waals surface area contributed by atoms with Gasteiger partial charge in [0.2, 0.25) is 17.7 Å². The van der Waals surface area contributed by atoms with Crippen molar-refractivity contribution < 1.29 is 19.0 Å². The van der Waals surface area contributed by atoms with Crippen LogP contribution in [0.2, 0.25) is 10.0 Å². The van der Waals surface area contributed by atoms with Crippen LogP contribution in [-0.4, -0.2) is 83.3 Å². The number of nitrogens with zero attached hydrogens (tertiary/aromatic N) is 5.